The highest BCUT2D eigenvalue weighted by Gasteiger charge is 2.16. The molecular weight excluding hydrogens is 222 g/mol. The number of hydrogen-bond donors (Lipinski definition) is 0. The molecule has 0 fully saturated rings. The lowest BCUT2D eigenvalue weighted by molar-refractivity contribution is 0.0524. The van der Waals surface area contributed by atoms with Crippen LogP contribution < -0.4 is 4.74 Å². The lowest BCUT2D eigenvalue weighted by atomic mass is 10.0. The summed E-state index contributed by atoms with van der Waals surface area (Å²) in [6.07, 6.45) is 0.506. The zero-order chi connectivity index (χ0) is 12.8. The maximum atomic E-state index is 11.6. The van der Waals surface area contributed by atoms with Crippen LogP contribution in [0.5, 0.6) is 5.75 Å². The van der Waals surface area contributed by atoms with Crippen molar-refractivity contribution < 1.29 is 19.1 Å². The van der Waals surface area contributed by atoms with Gasteiger partial charge in [0, 0.05) is 5.56 Å². The fraction of sp³-hybridized carbons (Fsp3) is 0.250. The molecule has 88 valence electrons. The SMILES string of the molecule is CCOC(=O)c1cc(OC)c(C#N)cc1C=O. The summed E-state index contributed by atoms with van der Waals surface area (Å²) in [6, 6.07) is 4.52. The molecule has 0 heterocycles. The average molecular weight is 233 g/mol. The lowest BCUT2D eigenvalue weighted by Crippen LogP contribution is -2.09. The maximum Gasteiger partial charge on any atom is 0.338 e. The first-order chi connectivity index (χ1) is 8.17. The molecule has 0 aliphatic heterocycles. The number of esters is 1. The highest BCUT2D eigenvalue weighted by molar-refractivity contribution is 5.99. The Balaban J connectivity index is 3.34. The molecule has 0 aromatic heterocycles. The molecular formula is C12H11NO4. The second kappa shape index (κ2) is 5.66. The highest BCUT2D eigenvalue weighted by Crippen LogP contribution is 2.23. The standard InChI is InChI=1S/C12H11NO4/c1-3-17-12(15)10-5-11(16-2)8(6-13)4-9(10)7-14/h4-5,7H,3H2,1-2H3. The number of nitrogens with zero attached hydrogens (tertiary/aromatic N) is 1. The summed E-state index contributed by atoms with van der Waals surface area (Å²) >= 11 is 0. The van der Waals surface area contributed by atoms with Gasteiger partial charge in [0.1, 0.15) is 11.8 Å². The molecule has 17 heavy (non-hydrogen) atoms. The third-order valence-corrected chi connectivity index (χ3v) is 2.11. The van der Waals surface area contributed by atoms with Crippen LogP contribution in [-0.2, 0) is 4.74 Å². The minimum Gasteiger partial charge on any atom is -0.495 e. The molecule has 0 spiro atoms. The number of benzene rings is 1. The van der Waals surface area contributed by atoms with E-state index >= 15 is 0 Å². The Morgan fingerprint density at radius 3 is 2.71 bits per heavy atom. The molecule has 0 bridgehead atoms. The van der Waals surface area contributed by atoms with E-state index in [-0.39, 0.29) is 29.0 Å². The molecule has 0 aliphatic rings. The van der Waals surface area contributed by atoms with E-state index in [1.807, 2.05) is 6.07 Å². The second-order valence-electron chi connectivity index (χ2n) is 3.09. The molecule has 5 heteroatoms. The first-order valence-corrected chi connectivity index (χ1v) is 4.92. The first-order valence-electron chi connectivity index (χ1n) is 4.92. The summed E-state index contributed by atoms with van der Waals surface area (Å²) in [4.78, 5) is 22.4. The Kier molecular flexibility index (Phi) is 4.23. The first kappa shape index (κ1) is 12.7. The normalized spacial score (nSPS) is 9.24. The Morgan fingerprint density at radius 1 is 1.53 bits per heavy atom. The van der Waals surface area contributed by atoms with Crippen LogP contribution in [0.2, 0.25) is 0 Å². The summed E-state index contributed by atoms with van der Waals surface area (Å²) in [6.45, 7) is 1.87. The van der Waals surface area contributed by atoms with Gasteiger partial charge in [-0.2, -0.15) is 5.26 Å². The molecule has 1 rings (SSSR count). The quantitative estimate of drug-likeness (QED) is 0.582. The van der Waals surface area contributed by atoms with E-state index < -0.39 is 5.97 Å². The van der Waals surface area contributed by atoms with Gasteiger partial charge in [-0.25, -0.2) is 4.79 Å². The van der Waals surface area contributed by atoms with E-state index in [1.165, 1.54) is 19.2 Å². The van der Waals surface area contributed by atoms with E-state index in [9.17, 15) is 9.59 Å². The Hall–Kier alpha value is -2.35. The van der Waals surface area contributed by atoms with Crippen LogP contribution >= 0.6 is 0 Å². The van der Waals surface area contributed by atoms with E-state index in [2.05, 4.69) is 0 Å². The summed E-state index contributed by atoms with van der Waals surface area (Å²) in [5.41, 5.74) is 0.404. The Bertz CT molecular complexity index is 488. The monoisotopic (exact) mass is 233 g/mol. The van der Waals surface area contributed by atoms with Gasteiger partial charge < -0.3 is 9.47 Å². The van der Waals surface area contributed by atoms with Gasteiger partial charge >= 0.3 is 5.97 Å². The molecule has 1 aromatic carbocycles. The molecule has 5 nitrogen and oxygen atoms in total. The van der Waals surface area contributed by atoms with Crippen molar-refractivity contribution in [2.45, 2.75) is 6.92 Å². The Labute approximate surface area is 98.6 Å². The van der Waals surface area contributed by atoms with Gasteiger partial charge in [-0.1, -0.05) is 0 Å². The fourth-order valence-corrected chi connectivity index (χ4v) is 1.34. The van der Waals surface area contributed by atoms with Crippen molar-refractivity contribution in [1.82, 2.24) is 0 Å². The number of rotatable bonds is 4. The van der Waals surface area contributed by atoms with Crippen LogP contribution in [-0.4, -0.2) is 26.0 Å². The lowest BCUT2D eigenvalue weighted by Gasteiger charge is -2.08. The van der Waals surface area contributed by atoms with Gasteiger partial charge in [-0.05, 0) is 19.1 Å². The summed E-state index contributed by atoms with van der Waals surface area (Å²) < 4.78 is 9.77. The summed E-state index contributed by atoms with van der Waals surface area (Å²) in [7, 11) is 1.38. The molecule has 0 amide bonds. The maximum absolute atomic E-state index is 11.6. The molecule has 0 atom stereocenters. The van der Waals surface area contributed by atoms with E-state index in [4.69, 9.17) is 14.7 Å². The van der Waals surface area contributed by atoms with Crippen molar-refractivity contribution >= 4 is 12.3 Å². The van der Waals surface area contributed by atoms with E-state index in [0.717, 1.165) is 0 Å². The predicted octanol–water partition coefficient (Wildman–Crippen LogP) is 1.56. The molecule has 0 unspecified atom stereocenters. The zero-order valence-electron chi connectivity index (χ0n) is 9.52. The van der Waals surface area contributed by atoms with Crippen molar-refractivity contribution in [3.63, 3.8) is 0 Å². The number of carbonyl (C=O) groups is 2. The molecule has 0 saturated carbocycles. The number of carbonyl (C=O) groups excluding carboxylic acids is 2. The van der Waals surface area contributed by atoms with Gasteiger partial charge in [-0.15, -0.1) is 0 Å². The summed E-state index contributed by atoms with van der Waals surface area (Å²) in [5.74, 6) is -0.376. The molecule has 0 N–H and O–H groups in total. The van der Waals surface area contributed by atoms with Crippen molar-refractivity contribution in [2.24, 2.45) is 0 Å². The van der Waals surface area contributed by atoms with Gasteiger partial charge in [0.05, 0.1) is 24.8 Å². The highest BCUT2D eigenvalue weighted by atomic mass is 16.5. The zero-order valence-corrected chi connectivity index (χ0v) is 9.52. The third kappa shape index (κ3) is 2.61. The van der Waals surface area contributed by atoms with Gasteiger partial charge in [0.25, 0.3) is 0 Å². The molecule has 0 aliphatic carbocycles. The molecule has 0 saturated heterocycles. The van der Waals surface area contributed by atoms with Crippen molar-refractivity contribution in [2.75, 3.05) is 13.7 Å². The average Bonchev–Trinajstić information content (AvgIpc) is 2.37. The smallest absolute Gasteiger partial charge is 0.338 e. The number of methoxy groups -OCH3 is 1. The third-order valence-electron chi connectivity index (χ3n) is 2.11. The largest absolute Gasteiger partial charge is 0.495 e. The number of hydrogen-bond acceptors (Lipinski definition) is 5. The van der Waals surface area contributed by atoms with E-state index in [1.54, 1.807) is 6.92 Å². The van der Waals surface area contributed by atoms with Crippen LogP contribution in [0.4, 0.5) is 0 Å². The van der Waals surface area contributed by atoms with Gasteiger partial charge in [0.15, 0.2) is 6.29 Å². The minimum absolute atomic E-state index is 0.0951. The van der Waals surface area contributed by atoms with Crippen LogP contribution in [0.15, 0.2) is 12.1 Å². The minimum atomic E-state index is -0.614. The molecule has 1 aromatic rings. The predicted molar refractivity (Wildman–Crippen MR) is 59.1 cm³/mol. The van der Waals surface area contributed by atoms with Crippen LogP contribution in [0.1, 0.15) is 33.2 Å². The van der Waals surface area contributed by atoms with Gasteiger partial charge in [0.2, 0.25) is 0 Å². The topological polar surface area (TPSA) is 76.4 Å². The van der Waals surface area contributed by atoms with Crippen LogP contribution in [0.25, 0.3) is 0 Å². The summed E-state index contributed by atoms with van der Waals surface area (Å²) in [5, 5.41) is 8.84. The van der Waals surface area contributed by atoms with Crippen molar-refractivity contribution in [3.8, 4) is 11.8 Å². The van der Waals surface area contributed by atoms with Crippen molar-refractivity contribution in [3.05, 3.63) is 28.8 Å². The second-order valence-corrected chi connectivity index (χ2v) is 3.09. The fourth-order valence-electron chi connectivity index (χ4n) is 1.34. The Morgan fingerprint density at radius 2 is 2.24 bits per heavy atom. The van der Waals surface area contributed by atoms with Crippen molar-refractivity contribution in [1.29, 1.82) is 5.26 Å². The number of nitriles is 1. The van der Waals surface area contributed by atoms with Gasteiger partial charge in [-0.3, -0.25) is 4.79 Å². The molecule has 0 radical (unpaired) electrons. The van der Waals surface area contributed by atoms with Crippen LogP contribution in [0, 0.1) is 11.3 Å². The van der Waals surface area contributed by atoms with Crippen LogP contribution in [0.3, 0.4) is 0 Å². The number of aldehydes is 1. The van der Waals surface area contributed by atoms with E-state index in [0.29, 0.717) is 6.29 Å². The number of ether oxygens (including phenoxy) is 2.